The van der Waals surface area contributed by atoms with E-state index in [4.69, 9.17) is 10.8 Å². The van der Waals surface area contributed by atoms with E-state index in [-0.39, 0.29) is 23.4 Å². The van der Waals surface area contributed by atoms with E-state index >= 15 is 0 Å². The van der Waals surface area contributed by atoms with Crippen LogP contribution in [0, 0.1) is 10.1 Å². The van der Waals surface area contributed by atoms with Gasteiger partial charge in [-0.15, -0.1) is 0 Å². The van der Waals surface area contributed by atoms with Crippen LogP contribution < -0.4 is 11.1 Å². The van der Waals surface area contributed by atoms with Gasteiger partial charge < -0.3 is 16.2 Å². The first-order valence-corrected chi connectivity index (χ1v) is 5.95. The second-order valence-corrected chi connectivity index (χ2v) is 4.13. The molecule has 20 heavy (non-hydrogen) atoms. The average Bonchev–Trinajstić information content (AvgIpc) is 2.37. The highest BCUT2D eigenvalue weighted by Crippen LogP contribution is 2.25. The van der Waals surface area contributed by atoms with Crippen molar-refractivity contribution in [3.8, 4) is 0 Å². The van der Waals surface area contributed by atoms with E-state index in [1.807, 2.05) is 0 Å². The minimum Gasteiger partial charge on any atom is -0.481 e. The normalized spacial score (nSPS) is 10.0. The molecule has 0 radical (unpaired) electrons. The molecule has 0 bridgehead atoms. The molecule has 0 aromatic heterocycles. The van der Waals surface area contributed by atoms with Crippen LogP contribution in [0.2, 0.25) is 0 Å². The molecule has 0 saturated carbocycles. The number of carboxylic acid groups (broad SMARTS) is 1. The van der Waals surface area contributed by atoms with Crippen LogP contribution in [0.1, 0.15) is 29.6 Å². The fourth-order valence-electron chi connectivity index (χ4n) is 1.61. The zero-order valence-corrected chi connectivity index (χ0v) is 10.7. The maximum atomic E-state index is 11.0. The summed E-state index contributed by atoms with van der Waals surface area (Å²) >= 11 is 0. The number of amides is 1. The SMILES string of the molecule is NC(=O)c1ccc(NCCCCC(=O)O)c([N+](=O)[O-])c1. The lowest BCUT2D eigenvalue weighted by atomic mass is 10.1. The molecule has 8 nitrogen and oxygen atoms in total. The van der Waals surface area contributed by atoms with E-state index in [0.29, 0.717) is 19.4 Å². The van der Waals surface area contributed by atoms with Crippen molar-refractivity contribution >= 4 is 23.3 Å². The Hall–Kier alpha value is -2.64. The number of aliphatic carboxylic acids is 1. The molecule has 0 aliphatic rings. The van der Waals surface area contributed by atoms with Crippen molar-refractivity contribution in [1.82, 2.24) is 0 Å². The Bertz CT molecular complexity index is 530. The molecule has 0 atom stereocenters. The van der Waals surface area contributed by atoms with Crippen molar-refractivity contribution in [1.29, 1.82) is 0 Å². The third-order valence-electron chi connectivity index (χ3n) is 2.61. The van der Waals surface area contributed by atoms with Crippen molar-refractivity contribution in [3.05, 3.63) is 33.9 Å². The van der Waals surface area contributed by atoms with Gasteiger partial charge in [-0.1, -0.05) is 0 Å². The highest BCUT2D eigenvalue weighted by molar-refractivity contribution is 5.94. The molecule has 108 valence electrons. The fourth-order valence-corrected chi connectivity index (χ4v) is 1.61. The first-order chi connectivity index (χ1) is 9.41. The molecule has 0 saturated heterocycles. The number of unbranched alkanes of at least 4 members (excludes halogenated alkanes) is 1. The summed E-state index contributed by atoms with van der Waals surface area (Å²) in [5.41, 5.74) is 5.16. The van der Waals surface area contributed by atoms with Crippen LogP contribution in [-0.2, 0) is 4.79 Å². The molecule has 0 fully saturated rings. The highest BCUT2D eigenvalue weighted by Gasteiger charge is 2.16. The third-order valence-corrected chi connectivity index (χ3v) is 2.61. The van der Waals surface area contributed by atoms with Crippen LogP contribution in [0.5, 0.6) is 0 Å². The molecule has 8 heteroatoms. The number of hydrogen-bond acceptors (Lipinski definition) is 5. The fraction of sp³-hybridized carbons (Fsp3) is 0.333. The van der Waals surface area contributed by atoms with E-state index < -0.39 is 16.8 Å². The number of benzene rings is 1. The number of nitro groups is 1. The summed E-state index contributed by atoms with van der Waals surface area (Å²) in [6.45, 7) is 0.407. The number of hydrogen-bond donors (Lipinski definition) is 3. The summed E-state index contributed by atoms with van der Waals surface area (Å²) in [4.78, 5) is 31.6. The molecular formula is C12H15N3O5. The summed E-state index contributed by atoms with van der Waals surface area (Å²) < 4.78 is 0. The number of carbonyl (C=O) groups is 2. The lowest BCUT2D eigenvalue weighted by molar-refractivity contribution is -0.384. The molecule has 1 rings (SSSR count). The summed E-state index contributed by atoms with van der Waals surface area (Å²) in [5, 5.41) is 22.2. The van der Waals surface area contributed by atoms with Crippen molar-refractivity contribution in [3.63, 3.8) is 0 Å². The molecule has 0 unspecified atom stereocenters. The molecule has 0 aliphatic carbocycles. The molecule has 0 heterocycles. The number of nitrogens with two attached hydrogens (primary N) is 1. The monoisotopic (exact) mass is 281 g/mol. The van der Waals surface area contributed by atoms with Gasteiger partial charge in [-0.25, -0.2) is 0 Å². The van der Waals surface area contributed by atoms with Crippen LogP contribution in [0.3, 0.4) is 0 Å². The van der Waals surface area contributed by atoms with Crippen LogP contribution in [0.15, 0.2) is 18.2 Å². The molecule has 4 N–H and O–H groups in total. The maximum Gasteiger partial charge on any atom is 0.303 e. The molecule has 0 aliphatic heterocycles. The first kappa shape index (κ1) is 15.4. The smallest absolute Gasteiger partial charge is 0.303 e. The van der Waals surface area contributed by atoms with Gasteiger partial charge in [0.2, 0.25) is 5.91 Å². The largest absolute Gasteiger partial charge is 0.481 e. The number of rotatable bonds is 8. The van der Waals surface area contributed by atoms with E-state index in [2.05, 4.69) is 5.32 Å². The zero-order valence-electron chi connectivity index (χ0n) is 10.7. The van der Waals surface area contributed by atoms with Gasteiger partial charge in [0.15, 0.2) is 0 Å². The van der Waals surface area contributed by atoms with Gasteiger partial charge in [0.05, 0.1) is 4.92 Å². The Balaban J connectivity index is 2.67. The van der Waals surface area contributed by atoms with E-state index in [1.165, 1.54) is 12.1 Å². The second kappa shape index (κ2) is 7.07. The lowest BCUT2D eigenvalue weighted by Gasteiger charge is -2.07. The molecule has 1 aromatic rings. The zero-order chi connectivity index (χ0) is 15.1. The topological polar surface area (TPSA) is 136 Å². The average molecular weight is 281 g/mol. The summed E-state index contributed by atoms with van der Waals surface area (Å²) in [6.07, 6.45) is 1.11. The van der Waals surface area contributed by atoms with Gasteiger partial charge in [-0.3, -0.25) is 19.7 Å². The number of carbonyl (C=O) groups excluding carboxylic acids is 1. The summed E-state index contributed by atoms with van der Waals surface area (Å²) in [6, 6.07) is 3.92. The number of primary amides is 1. The highest BCUT2D eigenvalue weighted by atomic mass is 16.6. The van der Waals surface area contributed by atoms with Crippen LogP contribution in [0.25, 0.3) is 0 Å². The van der Waals surface area contributed by atoms with Gasteiger partial charge in [0.25, 0.3) is 5.69 Å². The van der Waals surface area contributed by atoms with Gasteiger partial charge in [-0.05, 0) is 25.0 Å². The van der Waals surface area contributed by atoms with Gasteiger partial charge in [0, 0.05) is 24.6 Å². The Labute approximate surface area is 114 Å². The molecule has 1 aromatic carbocycles. The Morgan fingerprint density at radius 3 is 2.60 bits per heavy atom. The maximum absolute atomic E-state index is 11.0. The van der Waals surface area contributed by atoms with Crippen molar-refractivity contribution in [2.75, 3.05) is 11.9 Å². The number of nitrogens with one attached hydrogen (secondary N) is 1. The predicted molar refractivity (Wildman–Crippen MR) is 71.6 cm³/mol. The van der Waals surface area contributed by atoms with Crippen molar-refractivity contribution in [2.45, 2.75) is 19.3 Å². The van der Waals surface area contributed by atoms with Crippen molar-refractivity contribution < 1.29 is 19.6 Å². The molecular weight excluding hydrogens is 266 g/mol. The molecule has 0 spiro atoms. The predicted octanol–water partition coefficient (Wildman–Crippen LogP) is 1.36. The van der Waals surface area contributed by atoms with E-state index in [9.17, 15) is 19.7 Å². The number of nitro benzene ring substituents is 1. The minimum absolute atomic E-state index is 0.0599. The Kier molecular flexibility index (Phi) is 5.45. The Morgan fingerprint density at radius 1 is 1.35 bits per heavy atom. The minimum atomic E-state index is -0.873. The standard InChI is InChI=1S/C12H15N3O5/c13-12(18)8-4-5-9(10(7-8)15(19)20)14-6-2-1-3-11(16)17/h4-5,7,14H,1-3,6H2,(H2,13,18)(H,16,17). The van der Waals surface area contributed by atoms with E-state index in [0.717, 1.165) is 6.07 Å². The summed E-state index contributed by atoms with van der Waals surface area (Å²) in [7, 11) is 0. The number of carboxylic acids is 1. The first-order valence-electron chi connectivity index (χ1n) is 5.95. The van der Waals surface area contributed by atoms with E-state index in [1.54, 1.807) is 0 Å². The summed E-state index contributed by atoms with van der Waals surface area (Å²) in [5.74, 6) is -1.61. The van der Waals surface area contributed by atoms with Gasteiger partial charge in [-0.2, -0.15) is 0 Å². The van der Waals surface area contributed by atoms with Gasteiger partial charge >= 0.3 is 5.97 Å². The van der Waals surface area contributed by atoms with Crippen LogP contribution >= 0.6 is 0 Å². The second-order valence-electron chi connectivity index (χ2n) is 4.13. The third kappa shape index (κ3) is 4.56. The molecule has 1 amide bonds. The quantitative estimate of drug-likeness (QED) is 0.374. The Morgan fingerprint density at radius 2 is 2.05 bits per heavy atom. The van der Waals surface area contributed by atoms with Crippen molar-refractivity contribution in [2.24, 2.45) is 5.73 Å². The number of nitrogens with zero attached hydrogens (tertiary/aromatic N) is 1. The van der Waals surface area contributed by atoms with Crippen LogP contribution in [0.4, 0.5) is 11.4 Å². The van der Waals surface area contributed by atoms with Gasteiger partial charge in [0.1, 0.15) is 5.69 Å². The van der Waals surface area contributed by atoms with Crippen LogP contribution in [-0.4, -0.2) is 28.5 Å². The lowest BCUT2D eigenvalue weighted by Crippen LogP contribution is -2.12. The number of anilines is 1.